The van der Waals surface area contributed by atoms with Gasteiger partial charge in [-0.2, -0.15) is 0 Å². The van der Waals surface area contributed by atoms with Crippen LogP contribution in [0.25, 0.3) is 0 Å². The number of unbranched alkanes of at least 4 members (excludes halogenated alkanes) is 5. The van der Waals surface area contributed by atoms with E-state index < -0.39 is 0 Å². The number of rotatable bonds is 8. The quantitative estimate of drug-likeness (QED) is 0.462. The Kier molecular flexibility index (Phi) is 6.91. The van der Waals surface area contributed by atoms with E-state index in [1.54, 1.807) is 0 Å². The van der Waals surface area contributed by atoms with Gasteiger partial charge < -0.3 is 0 Å². The molecule has 96 valence electrons. The lowest BCUT2D eigenvalue weighted by Crippen LogP contribution is -2.35. The van der Waals surface area contributed by atoms with Gasteiger partial charge in [0.05, 0.1) is 0 Å². The third kappa shape index (κ3) is 5.86. The Hall–Kier alpha value is -0.850. The molecule has 1 heteroatoms. The molecule has 0 aliphatic carbocycles. The first kappa shape index (κ1) is 14.2. The van der Waals surface area contributed by atoms with E-state index in [0.29, 0.717) is 6.04 Å². The molecule has 0 aliphatic heterocycles. The highest BCUT2D eigenvalue weighted by Gasteiger charge is 2.06. The van der Waals surface area contributed by atoms with Crippen LogP contribution in [0.15, 0.2) is 24.5 Å². The van der Waals surface area contributed by atoms with Crippen LogP contribution < -0.4 is 4.57 Å². The number of hydrogen-bond acceptors (Lipinski definition) is 0. The number of hydrogen-bond donors (Lipinski definition) is 0. The lowest BCUT2D eigenvalue weighted by Gasteiger charge is -2.03. The zero-order valence-corrected chi connectivity index (χ0v) is 11.8. The summed E-state index contributed by atoms with van der Waals surface area (Å²) in [6.07, 6.45) is 14.0. The normalized spacial score (nSPS) is 11.1. The molecule has 17 heavy (non-hydrogen) atoms. The predicted molar refractivity (Wildman–Crippen MR) is 74.1 cm³/mol. The monoisotopic (exact) mass is 234 g/mol. The summed E-state index contributed by atoms with van der Waals surface area (Å²) in [6.45, 7) is 6.73. The zero-order chi connectivity index (χ0) is 12.5. The van der Waals surface area contributed by atoms with Crippen LogP contribution in [-0.2, 0) is 6.42 Å². The molecule has 1 heterocycles. The molecule has 0 N–H and O–H groups in total. The molecule has 1 rings (SSSR count). The fourth-order valence-electron chi connectivity index (χ4n) is 2.12. The van der Waals surface area contributed by atoms with Crippen LogP contribution in [0.5, 0.6) is 0 Å². The smallest absolute Gasteiger partial charge is 0.172 e. The van der Waals surface area contributed by atoms with E-state index in [0.717, 1.165) is 0 Å². The van der Waals surface area contributed by atoms with Crippen LogP contribution >= 0.6 is 0 Å². The Bertz CT molecular complexity index is 304. The van der Waals surface area contributed by atoms with Crippen molar-refractivity contribution in [2.75, 3.05) is 0 Å². The molecule has 0 saturated carbocycles. The predicted octanol–water partition coefficient (Wildman–Crippen LogP) is 4.46. The third-order valence-electron chi connectivity index (χ3n) is 3.30. The maximum atomic E-state index is 2.30. The highest BCUT2D eigenvalue weighted by Crippen LogP contribution is 2.09. The molecule has 1 aromatic rings. The average molecular weight is 234 g/mol. The molecular formula is C16H28N+. The van der Waals surface area contributed by atoms with Gasteiger partial charge in [-0.3, -0.25) is 0 Å². The minimum absolute atomic E-state index is 0.569. The van der Waals surface area contributed by atoms with Crippen LogP contribution in [0.4, 0.5) is 0 Å². The molecule has 0 amide bonds. The van der Waals surface area contributed by atoms with Gasteiger partial charge in [0, 0.05) is 11.6 Å². The summed E-state index contributed by atoms with van der Waals surface area (Å²) in [7, 11) is 0. The van der Waals surface area contributed by atoms with E-state index >= 15 is 0 Å². The molecule has 0 aliphatic rings. The number of aromatic nitrogens is 1. The molecule has 1 nitrogen and oxygen atoms in total. The number of nitrogens with zero attached hydrogens (tertiary/aromatic N) is 1. The Morgan fingerprint density at radius 3 is 2.47 bits per heavy atom. The summed E-state index contributed by atoms with van der Waals surface area (Å²) in [5, 5.41) is 0. The van der Waals surface area contributed by atoms with Gasteiger partial charge in [0.15, 0.2) is 18.4 Å². The van der Waals surface area contributed by atoms with Crippen molar-refractivity contribution in [2.24, 2.45) is 0 Å². The summed E-state index contributed by atoms with van der Waals surface area (Å²) >= 11 is 0. The third-order valence-corrected chi connectivity index (χ3v) is 3.30. The van der Waals surface area contributed by atoms with E-state index in [1.165, 1.54) is 50.5 Å². The van der Waals surface area contributed by atoms with Gasteiger partial charge in [0.25, 0.3) is 0 Å². The second-order valence-corrected chi connectivity index (χ2v) is 5.27. The first-order valence-electron chi connectivity index (χ1n) is 7.23. The molecule has 1 aromatic heterocycles. The zero-order valence-electron chi connectivity index (χ0n) is 11.8. The number of pyridine rings is 1. The Labute approximate surface area is 107 Å². The Morgan fingerprint density at radius 2 is 1.76 bits per heavy atom. The minimum atomic E-state index is 0.569. The fraction of sp³-hybridized carbons (Fsp3) is 0.688. The van der Waals surface area contributed by atoms with Crippen molar-refractivity contribution in [3.63, 3.8) is 0 Å². The van der Waals surface area contributed by atoms with Gasteiger partial charge in [-0.05, 0) is 32.8 Å². The average Bonchev–Trinajstić information content (AvgIpc) is 2.34. The van der Waals surface area contributed by atoms with Crippen molar-refractivity contribution in [2.45, 2.75) is 71.8 Å². The molecular weight excluding hydrogens is 206 g/mol. The number of aryl methyl sites for hydroxylation is 1. The molecule has 0 atom stereocenters. The summed E-state index contributed by atoms with van der Waals surface area (Å²) in [5.41, 5.74) is 1.48. The summed E-state index contributed by atoms with van der Waals surface area (Å²) < 4.78 is 2.30. The lowest BCUT2D eigenvalue weighted by molar-refractivity contribution is -0.716. The fourth-order valence-corrected chi connectivity index (χ4v) is 2.12. The van der Waals surface area contributed by atoms with Crippen molar-refractivity contribution in [3.8, 4) is 0 Å². The molecule has 0 bridgehead atoms. The van der Waals surface area contributed by atoms with Crippen molar-refractivity contribution < 1.29 is 4.57 Å². The van der Waals surface area contributed by atoms with E-state index in [1.807, 2.05) is 0 Å². The van der Waals surface area contributed by atoms with Gasteiger partial charge in [-0.1, -0.05) is 39.0 Å². The first-order chi connectivity index (χ1) is 8.24. The Morgan fingerprint density at radius 1 is 1.06 bits per heavy atom. The maximum Gasteiger partial charge on any atom is 0.172 e. The molecule has 0 radical (unpaired) electrons. The highest BCUT2D eigenvalue weighted by atomic mass is 15.0. The summed E-state index contributed by atoms with van der Waals surface area (Å²) in [6, 6.07) is 5.00. The minimum Gasteiger partial charge on any atom is -0.203 e. The SMILES string of the molecule is CCCCCCCCc1ccc[n+](C(C)C)c1. The van der Waals surface area contributed by atoms with Gasteiger partial charge in [-0.15, -0.1) is 0 Å². The van der Waals surface area contributed by atoms with Crippen molar-refractivity contribution in [1.82, 2.24) is 0 Å². The van der Waals surface area contributed by atoms with Crippen LogP contribution in [0, 0.1) is 0 Å². The molecule has 0 spiro atoms. The van der Waals surface area contributed by atoms with Crippen molar-refractivity contribution in [1.29, 1.82) is 0 Å². The largest absolute Gasteiger partial charge is 0.203 e. The van der Waals surface area contributed by atoms with E-state index in [9.17, 15) is 0 Å². The van der Waals surface area contributed by atoms with E-state index in [2.05, 4.69) is 49.9 Å². The van der Waals surface area contributed by atoms with Crippen LogP contribution in [0.3, 0.4) is 0 Å². The molecule has 0 unspecified atom stereocenters. The maximum absolute atomic E-state index is 2.30. The molecule has 0 fully saturated rings. The van der Waals surface area contributed by atoms with Crippen LogP contribution in [0.2, 0.25) is 0 Å². The van der Waals surface area contributed by atoms with E-state index in [4.69, 9.17) is 0 Å². The van der Waals surface area contributed by atoms with Gasteiger partial charge in [0.1, 0.15) is 0 Å². The van der Waals surface area contributed by atoms with Gasteiger partial charge in [-0.25, -0.2) is 4.57 Å². The lowest BCUT2D eigenvalue weighted by atomic mass is 10.1. The standard InChI is InChI=1S/C16H28N/c1-4-5-6-7-8-9-11-16-12-10-13-17(14-16)15(2)3/h10,12-15H,4-9,11H2,1-3H3/q+1. The molecule has 0 aromatic carbocycles. The van der Waals surface area contributed by atoms with Crippen molar-refractivity contribution in [3.05, 3.63) is 30.1 Å². The second kappa shape index (κ2) is 8.27. The van der Waals surface area contributed by atoms with Crippen LogP contribution in [0.1, 0.15) is 70.9 Å². The topological polar surface area (TPSA) is 3.88 Å². The van der Waals surface area contributed by atoms with Gasteiger partial charge >= 0.3 is 0 Å². The molecule has 0 saturated heterocycles. The van der Waals surface area contributed by atoms with Crippen molar-refractivity contribution >= 4 is 0 Å². The summed E-state index contributed by atoms with van der Waals surface area (Å²) in [5.74, 6) is 0. The highest BCUT2D eigenvalue weighted by molar-refractivity contribution is 5.05. The second-order valence-electron chi connectivity index (χ2n) is 5.27. The summed E-state index contributed by atoms with van der Waals surface area (Å²) in [4.78, 5) is 0. The van der Waals surface area contributed by atoms with E-state index in [-0.39, 0.29) is 0 Å². The van der Waals surface area contributed by atoms with Gasteiger partial charge in [0.2, 0.25) is 0 Å². The van der Waals surface area contributed by atoms with Crippen LogP contribution in [-0.4, -0.2) is 0 Å². The first-order valence-corrected chi connectivity index (χ1v) is 7.23. The Balaban J connectivity index is 2.24.